The first-order chi connectivity index (χ1) is 15.2. The van der Waals surface area contributed by atoms with Gasteiger partial charge in [-0.2, -0.15) is 10.4 Å². The molecule has 5 rings (SSSR count). The Hall–Kier alpha value is -4.31. The van der Waals surface area contributed by atoms with E-state index >= 15 is 0 Å². The maximum atomic E-state index is 9.80. The quantitative estimate of drug-likeness (QED) is 0.348. The van der Waals surface area contributed by atoms with Crippen molar-refractivity contribution >= 4 is 39.7 Å². The Labute approximate surface area is 178 Å². The third-order valence-corrected chi connectivity index (χ3v) is 5.42. The number of aromatic nitrogens is 4. The zero-order chi connectivity index (χ0) is 21.4. The van der Waals surface area contributed by atoms with Gasteiger partial charge in [0.05, 0.1) is 40.0 Å². The summed E-state index contributed by atoms with van der Waals surface area (Å²) in [5.74, 6) is 0.799. The molecular formula is C24H19N7. The van der Waals surface area contributed by atoms with E-state index in [1.807, 2.05) is 59.9 Å². The van der Waals surface area contributed by atoms with Gasteiger partial charge in [0.25, 0.3) is 0 Å². The minimum Gasteiger partial charge on any atom is -0.276 e. The van der Waals surface area contributed by atoms with Crippen molar-refractivity contribution in [2.24, 2.45) is 5.10 Å². The molecule has 3 heterocycles. The van der Waals surface area contributed by atoms with Gasteiger partial charge in [0.1, 0.15) is 17.6 Å². The summed E-state index contributed by atoms with van der Waals surface area (Å²) in [5, 5.41) is 14.2. The first-order valence-corrected chi connectivity index (χ1v) is 10.0. The number of hydrazone groups is 1. The number of anilines is 1. The zero-order valence-corrected chi connectivity index (χ0v) is 17.2. The fourth-order valence-electron chi connectivity index (χ4n) is 3.93. The molecule has 0 unspecified atom stereocenters. The predicted octanol–water partition coefficient (Wildman–Crippen LogP) is 4.62. The maximum Gasteiger partial charge on any atom is 0.157 e. The second kappa shape index (κ2) is 7.50. The molecule has 0 aliphatic heterocycles. The van der Waals surface area contributed by atoms with Crippen molar-refractivity contribution in [2.75, 3.05) is 5.43 Å². The second-order valence-corrected chi connectivity index (χ2v) is 7.21. The average Bonchev–Trinajstić information content (AvgIpc) is 3.18. The highest BCUT2D eigenvalue weighted by molar-refractivity contribution is 5.87. The average molecular weight is 405 g/mol. The second-order valence-electron chi connectivity index (χ2n) is 7.21. The van der Waals surface area contributed by atoms with Crippen molar-refractivity contribution in [3.63, 3.8) is 0 Å². The van der Waals surface area contributed by atoms with Crippen LogP contribution in [0.2, 0.25) is 0 Å². The molecule has 2 aromatic carbocycles. The number of imidazole rings is 1. The molecule has 3 aromatic heterocycles. The molecule has 0 fully saturated rings. The third kappa shape index (κ3) is 3.06. The highest BCUT2D eigenvalue weighted by Crippen LogP contribution is 2.31. The van der Waals surface area contributed by atoms with Gasteiger partial charge in [-0.3, -0.25) is 14.8 Å². The van der Waals surface area contributed by atoms with Crippen molar-refractivity contribution in [3.05, 3.63) is 77.1 Å². The Morgan fingerprint density at radius 2 is 1.81 bits per heavy atom. The molecule has 0 radical (unpaired) electrons. The minimum atomic E-state index is 0.586. The standard InChI is InChI=1S/C24H19N7/c1-3-17-15(2)18(12-25)23-29-21-10-6-7-11-22(21)31(23)24(17)30-27-14-16-13-26-19-8-4-5-9-20(19)28-16/h4-11,13-14,30H,3H2,1-2H3/b27-14+. The lowest BCUT2D eigenvalue weighted by Crippen LogP contribution is -2.07. The molecular weight excluding hydrogens is 386 g/mol. The van der Waals surface area contributed by atoms with Crippen LogP contribution in [0.5, 0.6) is 0 Å². The van der Waals surface area contributed by atoms with E-state index in [9.17, 15) is 5.26 Å². The van der Waals surface area contributed by atoms with Crippen molar-refractivity contribution in [3.8, 4) is 6.07 Å². The highest BCUT2D eigenvalue weighted by Gasteiger charge is 2.19. The van der Waals surface area contributed by atoms with E-state index < -0.39 is 0 Å². The van der Waals surface area contributed by atoms with Gasteiger partial charge in [0.15, 0.2) is 5.65 Å². The van der Waals surface area contributed by atoms with Crippen molar-refractivity contribution < 1.29 is 0 Å². The van der Waals surface area contributed by atoms with Crippen LogP contribution >= 0.6 is 0 Å². The van der Waals surface area contributed by atoms with Crippen LogP contribution in [0, 0.1) is 18.3 Å². The van der Waals surface area contributed by atoms with Gasteiger partial charge in [-0.1, -0.05) is 31.2 Å². The fraction of sp³-hybridized carbons (Fsp3) is 0.125. The summed E-state index contributed by atoms with van der Waals surface area (Å²) < 4.78 is 1.98. The molecule has 7 nitrogen and oxygen atoms in total. The van der Waals surface area contributed by atoms with Gasteiger partial charge < -0.3 is 0 Å². The monoisotopic (exact) mass is 405 g/mol. The van der Waals surface area contributed by atoms with E-state index in [1.54, 1.807) is 12.4 Å². The van der Waals surface area contributed by atoms with Crippen LogP contribution in [0.1, 0.15) is 29.3 Å². The Kier molecular flexibility index (Phi) is 4.53. The molecule has 0 amide bonds. The fourth-order valence-corrected chi connectivity index (χ4v) is 3.93. The molecule has 0 bridgehead atoms. The van der Waals surface area contributed by atoms with Crippen LogP contribution in [0.4, 0.5) is 5.82 Å². The smallest absolute Gasteiger partial charge is 0.157 e. The topological polar surface area (TPSA) is 91.3 Å². The molecule has 150 valence electrons. The Morgan fingerprint density at radius 3 is 2.58 bits per heavy atom. The highest BCUT2D eigenvalue weighted by atomic mass is 15.3. The van der Waals surface area contributed by atoms with E-state index in [0.29, 0.717) is 16.9 Å². The molecule has 7 heteroatoms. The van der Waals surface area contributed by atoms with Crippen LogP contribution in [0.3, 0.4) is 0 Å². The van der Waals surface area contributed by atoms with E-state index in [2.05, 4.69) is 33.5 Å². The minimum absolute atomic E-state index is 0.586. The van der Waals surface area contributed by atoms with Gasteiger partial charge in [-0.15, -0.1) is 0 Å². The number of hydrogen-bond donors (Lipinski definition) is 1. The molecule has 1 N–H and O–H groups in total. The summed E-state index contributed by atoms with van der Waals surface area (Å²) in [4.78, 5) is 13.7. The van der Waals surface area contributed by atoms with Crippen LogP contribution in [-0.2, 0) is 6.42 Å². The number of hydrogen-bond acceptors (Lipinski definition) is 6. The first kappa shape index (κ1) is 18.7. The van der Waals surface area contributed by atoms with Crippen molar-refractivity contribution in [2.45, 2.75) is 20.3 Å². The molecule has 0 aliphatic rings. The number of nitrogens with zero attached hydrogens (tertiary/aromatic N) is 6. The lowest BCUT2D eigenvalue weighted by Gasteiger charge is -2.15. The van der Waals surface area contributed by atoms with Gasteiger partial charge in [0.2, 0.25) is 0 Å². The van der Waals surface area contributed by atoms with E-state index in [-0.39, 0.29) is 0 Å². The van der Waals surface area contributed by atoms with Crippen molar-refractivity contribution in [1.82, 2.24) is 19.4 Å². The SMILES string of the molecule is CCc1c(C)c(C#N)c2nc3ccccc3n2c1N/N=C/c1cnc2ccccc2n1. The van der Waals surface area contributed by atoms with Gasteiger partial charge in [-0.25, -0.2) is 9.97 Å². The maximum absolute atomic E-state index is 9.80. The molecule has 0 saturated heterocycles. The number of para-hydroxylation sites is 4. The number of nitrogens with one attached hydrogen (secondary N) is 1. The first-order valence-electron chi connectivity index (χ1n) is 10.0. The molecule has 0 atom stereocenters. The summed E-state index contributed by atoms with van der Waals surface area (Å²) in [6.07, 6.45) is 4.09. The number of nitriles is 1. The Balaban J connectivity index is 1.64. The molecule has 0 aliphatic carbocycles. The van der Waals surface area contributed by atoms with Gasteiger partial charge in [-0.05, 0) is 48.7 Å². The lowest BCUT2D eigenvalue weighted by atomic mass is 10.0. The van der Waals surface area contributed by atoms with Gasteiger partial charge in [0, 0.05) is 0 Å². The Morgan fingerprint density at radius 1 is 1.06 bits per heavy atom. The van der Waals surface area contributed by atoms with E-state index in [1.165, 1.54) is 0 Å². The Bertz CT molecular complexity index is 1520. The third-order valence-electron chi connectivity index (χ3n) is 5.42. The summed E-state index contributed by atoms with van der Waals surface area (Å²) in [6.45, 7) is 4.03. The lowest BCUT2D eigenvalue weighted by molar-refractivity contribution is 1.04. The van der Waals surface area contributed by atoms with Crippen LogP contribution in [0.25, 0.3) is 27.7 Å². The number of fused-ring (bicyclic) bond motifs is 4. The van der Waals surface area contributed by atoms with E-state index in [0.717, 1.165) is 45.4 Å². The summed E-state index contributed by atoms with van der Waals surface area (Å²) in [6, 6.07) is 17.9. The van der Waals surface area contributed by atoms with Crippen molar-refractivity contribution in [1.29, 1.82) is 5.26 Å². The predicted molar refractivity (Wildman–Crippen MR) is 122 cm³/mol. The largest absolute Gasteiger partial charge is 0.276 e. The van der Waals surface area contributed by atoms with Gasteiger partial charge >= 0.3 is 0 Å². The molecule has 5 aromatic rings. The normalized spacial score (nSPS) is 11.5. The number of rotatable bonds is 4. The summed E-state index contributed by atoms with van der Waals surface area (Å²) in [5.41, 5.74) is 10.4. The van der Waals surface area contributed by atoms with E-state index in [4.69, 9.17) is 4.98 Å². The molecule has 0 saturated carbocycles. The zero-order valence-electron chi connectivity index (χ0n) is 17.2. The molecule has 0 spiro atoms. The molecule has 31 heavy (non-hydrogen) atoms. The number of pyridine rings is 1. The van der Waals surface area contributed by atoms with Crippen LogP contribution in [0.15, 0.2) is 59.8 Å². The van der Waals surface area contributed by atoms with Crippen LogP contribution in [-0.4, -0.2) is 25.6 Å². The summed E-state index contributed by atoms with van der Waals surface area (Å²) in [7, 11) is 0. The summed E-state index contributed by atoms with van der Waals surface area (Å²) >= 11 is 0. The van der Waals surface area contributed by atoms with Crippen LogP contribution < -0.4 is 5.43 Å². The number of benzene rings is 2.